The molecule has 116 valence electrons. The molecule has 2 N–H and O–H groups in total. The van der Waals surface area contributed by atoms with Crippen molar-refractivity contribution in [3.63, 3.8) is 0 Å². The summed E-state index contributed by atoms with van der Waals surface area (Å²) in [5, 5.41) is 14.1. The van der Waals surface area contributed by atoms with Gasteiger partial charge in [0.1, 0.15) is 0 Å². The lowest BCUT2D eigenvalue weighted by Gasteiger charge is -2.24. The zero-order valence-corrected chi connectivity index (χ0v) is 12.2. The van der Waals surface area contributed by atoms with E-state index in [1.54, 1.807) is 0 Å². The van der Waals surface area contributed by atoms with Crippen molar-refractivity contribution in [3.05, 3.63) is 48.1 Å². The van der Waals surface area contributed by atoms with E-state index in [0.717, 1.165) is 16.7 Å². The minimum atomic E-state index is -0.620. The first kappa shape index (κ1) is 14.7. The molecule has 1 saturated heterocycles. The lowest BCUT2D eigenvalue weighted by molar-refractivity contribution is -0.384. The van der Waals surface area contributed by atoms with Crippen molar-refractivity contribution in [2.24, 2.45) is 0 Å². The molecular weight excluding hydrogens is 312 g/mol. The standard InChI is InChI=1S/C13H13ClN4O4/c14-10-6-8(18(21)22)5-9-11(10)16-13(20)17(12(9)19)7-1-3-15-4-2-7/h5-7,15H,1-4H2,(H,16,20). The number of non-ortho nitro benzene ring substituents is 1. The fourth-order valence-electron chi connectivity index (χ4n) is 2.78. The normalized spacial score (nSPS) is 16.0. The van der Waals surface area contributed by atoms with Gasteiger partial charge in [-0.3, -0.25) is 19.5 Å². The highest BCUT2D eigenvalue weighted by molar-refractivity contribution is 6.35. The monoisotopic (exact) mass is 324 g/mol. The number of fused-ring (bicyclic) bond motifs is 1. The number of aromatic amines is 1. The largest absolute Gasteiger partial charge is 0.329 e. The molecule has 0 unspecified atom stereocenters. The summed E-state index contributed by atoms with van der Waals surface area (Å²) in [7, 11) is 0. The van der Waals surface area contributed by atoms with Crippen molar-refractivity contribution in [1.82, 2.24) is 14.9 Å². The Morgan fingerprint density at radius 1 is 1.27 bits per heavy atom. The van der Waals surface area contributed by atoms with Gasteiger partial charge >= 0.3 is 5.69 Å². The Bertz CT molecular complexity index is 867. The van der Waals surface area contributed by atoms with Crippen molar-refractivity contribution in [2.75, 3.05) is 13.1 Å². The zero-order valence-electron chi connectivity index (χ0n) is 11.5. The molecule has 1 aromatic carbocycles. The van der Waals surface area contributed by atoms with E-state index in [1.165, 1.54) is 0 Å². The Morgan fingerprint density at radius 3 is 2.59 bits per heavy atom. The third-order valence-electron chi connectivity index (χ3n) is 3.86. The van der Waals surface area contributed by atoms with E-state index < -0.39 is 16.2 Å². The molecule has 0 saturated carbocycles. The second-order valence-electron chi connectivity index (χ2n) is 5.19. The summed E-state index contributed by atoms with van der Waals surface area (Å²) >= 11 is 5.96. The van der Waals surface area contributed by atoms with Crippen molar-refractivity contribution >= 4 is 28.2 Å². The first-order valence-electron chi connectivity index (χ1n) is 6.82. The van der Waals surface area contributed by atoms with Crippen LogP contribution in [0.15, 0.2) is 21.7 Å². The second kappa shape index (κ2) is 5.54. The third kappa shape index (κ3) is 2.40. The Hall–Kier alpha value is -2.19. The van der Waals surface area contributed by atoms with Gasteiger partial charge in [-0.2, -0.15) is 0 Å². The van der Waals surface area contributed by atoms with Crippen LogP contribution in [0, 0.1) is 10.1 Å². The van der Waals surface area contributed by atoms with Crippen molar-refractivity contribution in [3.8, 4) is 0 Å². The lowest BCUT2D eigenvalue weighted by Crippen LogP contribution is -2.42. The first-order chi connectivity index (χ1) is 10.5. The van der Waals surface area contributed by atoms with Crippen molar-refractivity contribution in [2.45, 2.75) is 18.9 Å². The van der Waals surface area contributed by atoms with Crippen LogP contribution in [0.5, 0.6) is 0 Å². The molecule has 2 aromatic rings. The molecule has 1 aliphatic rings. The third-order valence-corrected chi connectivity index (χ3v) is 4.16. The fourth-order valence-corrected chi connectivity index (χ4v) is 3.04. The van der Waals surface area contributed by atoms with E-state index in [0.29, 0.717) is 25.9 Å². The highest BCUT2D eigenvalue weighted by atomic mass is 35.5. The maximum atomic E-state index is 12.6. The first-order valence-corrected chi connectivity index (χ1v) is 7.20. The average Bonchev–Trinajstić information content (AvgIpc) is 2.49. The molecule has 0 atom stereocenters. The van der Waals surface area contributed by atoms with E-state index in [4.69, 9.17) is 11.6 Å². The van der Waals surface area contributed by atoms with Gasteiger partial charge in [0.25, 0.3) is 11.2 Å². The van der Waals surface area contributed by atoms with Crippen LogP contribution in [0.2, 0.25) is 5.02 Å². The summed E-state index contributed by atoms with van der Waals surface area (Å²) in [4.78, 5) is 37.7. The molecule has 1 aliphatic heterocycles. The fraction of sp³-hybridized carbons (Fsp3) is 0.385. The molecule has 0 bridgehead atoms. The van der Waals surface area contributed by atoms with Crippen LogP contribution in [0.1, 0.15) is 18.9 Å². The minimum Gasteiger partial charge on any atom is -0.317 e. The number of hydrogen-bond acceptors (Lipinski definition) is 5. The predicted octanol–water partition coefficient (Wildman–Crippen LogP) is 1.18. The Balaban J connectivity index is 2.29. The topological polar surface area (TPSA) is 110 Å². The summed E-state index contributed by atoms with van der Waals surface area (Å²) in [5.74, 6) is 0. The summed E-state index contributed by atoms with van der Waals surface area (Å²) in [6.07, 6.45) is 1.30. The molecule has 1 fully saturated rings. The molecule has 0 aliphatic carbocycles. The summed E-state index contributed by atoms with van der Waals surface area (Å²) < 4.78 is 1.14. The molecule has 1 aromatic heterocycles. The van der Waals surface area contributed by atoms with Crippen LogP contribution in [0.4, 0.5) is 5.69 Å². The van der Waals surface area contributed by atoms with Gasteiger partial charge in [-0.15, -0.1) is 0 Å². The SMILES string of the molecule is O=c1[nH]c2c(Cl)cc([N+](=O)[O-])cc2c(=O)n1C1CCNCC1. The summed E-state index contributed by atoms with van der Waals surface area (Å²) in [5.41, 5.74) is -1.23. The van der Waals surface area contributed by atoms with Gasteiger partial charge in [0.15, 0.2) is 0 Å². The quantitative estimate of drug-likeness (QED) is 0.636. The zero-order chi connectivity index (χ0) is 15.9. The van der Waals surface area contributed by atoms with Crippen LogP contribution < -0.4 is 16.6 Å². The maximum Gasteiger partial charge on any atom is 0.329 e. The molecular formula is C13H13ClN4O4. The number of halogens is 1. The predicted molar refractivity (Wildman–Crippen MR) is 81.6 cm³/mol. The van der Waals surface area contributed by atoms with E-state index >= 15 is 0 Å². The van der Waals surface area contributed by atoms with Gasteiger partial charge in [-0.05, 0) is 25.9 Å². The molecule has 3 rings (SSSR count). The Labute approximate surface area is 128 Å². The van der Waals surface area contributed by atoms with Crippen LogP contribution in [0.25, 0.3) is 10.9 Å². The van der Waals surface area contributed by atoms with Gasteiger partial charge in [0.05, 0.1) is 20.8 Å². The van der Waals surface area contributed by atoms with Crippen LogP contribution in [-0.2, 0) is 0 Å². The molecule has 0 radical (unpaired) electrons. The molecule has 22 heavy (non-hydrogen) atoms. The van der Waals surface area contributed by atoms with Crippen molar-refractivity contribution in [1.29, 1.82) is 0 Å². The van der Waals surface area contributed by atoms with Gasteiger partial charge in [-0.25, -0.2) is 4.79 Å². The number of hydrogen-bond donors (Lipinski definition) is 2. The number of piperidine rings is 1. The molecule has 8 nitrogen and oxygen atoms in total. The molecule has 2 heterocycles. The summed E-state index contributed by atoms with van der Waals surface area (Å²) in [6.45, 7) is 1.43. The highest BCUT2D eigenvalue weighted by Crippen LogP contribution is 2.25. The average molecular weight is 325 g/mol. The van der Waals surface area contributed by atoms with Gasteiger partial charge < -0.3 is 10.3 Å². The second-order valence-corrected chi connectivity index (χ2v) is 5.60. The van der Waals surface area contributed by atoms with Gasteiger partial charge in [-0.1, -0.05) is 11.6 Å². The van der Waals surface area contributed by atoms with Crippen LogP contribution in [-0.4, -0.2) is 27.6 Å². The number of H-pyrrole nitrogens is 1. The molecule has 9 heteroatoms. The number of rotatable bonds is 2. The van der Waals surface area contributed by atoms with Crippen LogP contribution in [0.3, 0.4) is 0 Å². The number of aromatic nitrogens is 2. The Kier molecular flexibility index (Phi) is 3.71. The smallest absolute Gasteiger partial charge is 0.317 e. The summed E-state index contributed by atoms with van der Waals surface area (Å²) in [6, 6.07) is 2.05. The lowest BCUT2D eigenvalue weighted by atomic mass is 10.1. The number of nitrogens with zero attached hydrogens (tertiary/aromatic N) is 2. The molecule has 0 amide bonds. The van der Waals surface area contributed by atoms with Gasteiger partial charge in [0.2, 0.25) is 0 Å². The number of nitro groups is 1. The van der Waals surface area contributed by atoms with Gasteiger partial charge in [0, 0.05) is 18.2 Å². The highest BCUT2D eigenvalue weighted by Gasteiger charge is 2.22. The number of nitrogens with one attached hydrogen (secondary N) is 2. The maximum absolute atomic E-state index is 12.6. The van der Waals surface area contributed by atoms with E-state index in [9.17, 15) is 19.7 Å². The minimum absolute atomic E-state index is 0.0177. The van der Waals surface area contributed by atoms with E-state index in [2.05, 4.69) is 10.3 Å². The van der Waals surface area contributed by atoms with Crippen molar-refractivity contribution < 1.29 is 4.92 Å². The Morgan fingerprint density at radius 2 is 1.95 bits per heavy atom. The van der Waals surface area contributed by atoms with E-state index in [1.807, 2.05) is 0 Å². The number of nitro benzene ring substituents is 1. The number of benzene rings is 1. The van der Waals surface area contributed by atoms with E-state index in [-0.39, 0.29) is 27.7 Å². The molecule has 0 spiro atoms. The van der Waals surface area contributed by atoms with Crippen LogP contribution >= 0.6 is 11.6 Å².